The fraction of sp³-hybridized carbons (Fsp3) is 0.192. The molecule has 1 atom stereocenters. The van der Waals surface area contributed by atoms with Crippen molar-refractivity contribution in [2.75, 3.05) is 17.2 Å². The number of furan rings is 2. The normalized spacial score (nSPS) is 15.4. The number of hydrogen-bond acceptors (Lipinski definition) is 6. The Balaban J connectivity index is 1.38. The molecule has 1 aliphatic heterocycles. The molecule has 8 nitrogen and oxygen atoms in total. The first-order valence-electron chi connectivity index (χ1n) is 11.0. The molecule has 172 valence electrons. The van der Waals surface area contributed by atoms with Crippen LogP contribution in [-0.4, -0.2) is 29.1 Å². The predicted octanol–water partition coefficient (Wildman–Crippen LogP) is 5.08. The maximum atomic E-state index is 13.3. The highest BCUT2D eigenvalue weighted by Crippen LogP contribution is 2.34. The zero-order valence-corrected chi connectivity index (χ0v) is 18.9. The highest BCUT2D eigenvalue weighted by atomic mass is 16.3. The minimum Gasteiger partial charge on any atom is -0.467 e. The van der Waals surface area contributed by atoms with E-state index in [-0.39, 0.29) is 24.4 Å². The second kappa shape index (κ2) is 8.90. The minimum absolute atomic E-state index is 0.0263. The molecule has 2 amide bonds. The van der Waals surface area contributed by atoms with Crippen LogP contribution in [0.4, 0.5) is 11.4 Å². The number of aryl methyl sites for hydroxylation is 1. The molecule has 0 saturated carbocycles. The number of benzene rings is 2. The highest BCUT2D eigenvalue weighted by molar-refractivity contribution is 6.03. The zero-order chi connectivity index (χ0) is 23.7. The van der Waals surface area contributed by atoms with Crippen LogP contribution in [0.25, 0.3) is 11.0 Å². The lowest BCUT2D eigenvalue weighted by Crippen LogP contribution is -2.32. The van der Waals surface area contributed by atoms with Crippen LogP contribution >= 0.6 is 0 Å². The Hall–Kier alpha value is -4.33. The van der Waals surface area contributed by atoms with Crippen molar-refractivity contribution in [1.82, 2.24) is 5.01 Å². The van der Waals surface area contributed by atoms with Gasteiger partial charge in [-0.25, -0.2) is 5.01 Å². The van der Waals surface area contributed by atoms with Gasteiger partial charge in [-0.05, 0) is 48.9 Å². The van der Waals surface area contributed by atoms with Gasteiger partial charge in [-0.2, -0.15) is 5.10 Å². The standard InChI is InChI=1S/C26H24N4O4/c1-16-9-10-19(28-17(2)31)13-20(16)27-15-26(32)30-22(24-8-5-11-33-24)14-21(29-30)25-12-18-6-3-4-7-23(18)34-25/h3-13,22,27H,14-15H2,1-2H3,(H,28,31). The first-order valence-corrected chi connectivity index (χ1v) is 11.0. The Bertz CT molecular complexity index is 1350. The molecule has 1 aliphatic rings. The van der Waals surface area contributed by atoms with Gasteiger partial charge in [0.05, 0.1) is 12.8 Å². The lowest BCUT2D eigenvalue weighted by atomic mass is 10.1. The van der Waals surface area contributed by atoms with Gasteiger partial charge in [0.2, 0.25) is 5.91 Å². The SMILES string of the molecule is CC(=O)Nc1ccc(C)c(NCC(=O)N2N=C(c3cc4ccccc4o3)CC2c2ccco2)c1. The summed E-state index contributed by atoms with van der Waals surface area (Å²) in [6.07, 6.45) is 2.07. The van der Waals surface area contributed by atoms with Crippen molar-refractivity contribution >= 4 is 39.9 Å². The number of hydrazone groups is 1. The van der Waals surface area contributed by atoms with Crippen LogP contribution in [0.2, 0.25) is 0 Å². The second-order valence-electron chi connectivity index (χ2n) is 8.23. The zero-order valence-electron chi connectivity index (χ0n) is 18.9. The Labute approximate surface area is 196 Å². The summed E-state index contributed by atoms with van der Waals surface area (Å²) in [6.45, 7) is 3.42. The number of nitrogens with one attached hydrogen (secondary N) is 2. The molecule has 34 heavy (non-hydrogen) atoms. The average Bonchev–Trinajstić information content (AvgIpc) is 3.57. The summed E-state index contributed by atoms with van der Waals surface area (Å²) < 4.78 is 11.6. The van der Waals surface area contributed by atoms with Crippen LogP contribution in [0.1, 0.15) is 36.5 Å². The number of fused-ring (bicyclic) bond motifs is 1. The van der Waals surface area contributed by atoms with Crippen molar-refractivity contribution in [2.45, 2.75) is 26.3 Å². The van der Waals surface area contributed by atoms with E-state index in [1.165, 1.54) is 11.9 Å². The number of hydrogen-bond donors (Lipinski definition) is 2. The van der Waals surface area contributed by atoms with Crippen molar-refractivity contribution in [3.63, 3.8) is 0 Å². The number of amides is 2. The topological polar surface area (TPSA) is 100 Å². The monoisotopic (exact) mass is 456 g/mol. The van der Waals surface area contributed by atoms with E-state index in [0.29, 0.717) is 29.3 Å². The van der Waals surface area contributed by atoms with E-state index in [0.717, 1.165) is 22.2 Å². The van der Waals surface area contributed by atoms with Gasteiger partial charge in [0.25, 0.3) is 5.91 Å². The van der Waals surface area contributed by atoms with Crippen LogP contribution in [-0.2, 0) is 9.59 Å². The van der Waals surface area contributed by atoms with Gasteiger partial charge < -0.3 is 19.5 Å². The Morgan fingerprint density at radius 2 is 1.97 bits per heavy atom. The quantitative estimate of drug-likeness (QED) is 0.421. The first kappa shape index (κ1) is 21.5. The number of anilines is 2. The summed E-state index contributed by atoms with van der Waals surface area (Å²) in [5.41, 5.74) is 3.84. The van der Waals surface area contributed by atoms with Crippen molar-refractivity contribution < 1.29 is 18.4 Å². The van der Waals surface area contributed by atoms with E-state index >= 15 is 0 Å². The molecule has 0 aliphatic carbocycles. The lowest BCUT2D eigenvalue weighted by molar-refractivity contribution is -0.131. The smallest absolute Gasteiger partial charge is 0.262 e. The molecule has 0 spiro atoms. The summed E-state index contributed by atoms with van der Waals surface area (Å²) in [4.78, 5) is 24.6. The van der Waals surface area contributed by atoms with E-state index in [1.807, 2.05) is 55.5 Å². The van der Waals surface area contributed by atoms with Crippen LogP contribution in [0.15, 0.2) is 80.9 Å². The second-order valence-corrected chi connectivity index (χ2v) is 8.23. The molecule has 0 saturated heterocycles. The molecule has 0 fully saturated rings. The molecular formula is C26H24N4O4. The largest absolute Gasteiger partial charge is 0.467 e. The fourth-order valence-electron chi connectivity index (χ4n) is 4.06. The summed E-state index contributed by atoms with van der Waals surface area (Å²) in [7, 11) is 0. The Kier molecular flexibility index (Phi) is 5.63. The van der Waals surface area contributed by atoms with E-state index in [9.17, 15) is 9.59 Å². The average molecular weight is 457 g/mol. The Morgan fingerprint density at radius 3 is 2.74 bits per heavy atom. The minimum atomic E-state index is -0.362. The number of nitrogens with zero attached hydrogens (tertiary/aromatic N) is 2. The van der Waals surface area contributed by atoms with E-state index in [1.54, 1.807) is 18.4 Å². The van der Waals surface area contributed by atoms with Gasteiger partial charge in [-0.15, -0.1) is 0 Å². The summed E-state index contributed by atoms with van der Waals surface area (Å²) in [5.74, 6) is 0.931. The number of carbonyl (C=O) groups excluding carboxylic acids is 2. The third-order valence-electron chi connectivity index (χ3n) is 5.74. The summed E-state index contributed by atoms with van der Waals surface area (Å²) in [6, 6.07) is 18.5. The maximum Gasteiger partial charge on any atom is 0.262 e. The van der Waals surface area contributed by atoms with Gasteiger partial charge in [-0.3, -0.25) is 9.59 Å². The maximum absolute atomic E-state index is 13.3. The van der Waals surface area contributed by atoms with Crippen molar-refractivity contribution in [3.05, 3.63) is 84.0 Å². The molecule has 8 heteroatoms. The van der Waals surface area contributed by atoms with E-state index in [4.69, 9.17) is 8.83 Å². The van der Waals surface area contributed by atoms with Crippen LogP contribution < -0.4 is 10.6 Å². The number of carbonyl (C=O) groups is 2. The molecule has 3 heterocycles. The molecule has 0 radical (unpaired) electrons. The third kappa shape index (κ3) is 4.30. The van der Waals surface area contributed by atoms with Crippen LogP contribution in [0.5, 0.6) is 0 Å². The molecule has 2 aromatic heterocycles. The molecule has 2 aromatic carbocycles. The summed E-state index contributed by atoms with van der Waals surface area (Å²) in [5, 5.41) is 13.0. The van der Waals surface area contributed by atoms with Crippen molar-refractivity contribution in [2.24, 2.45) is 5.10 Å². The number of para-hydroxylation sites is 1. The molecule has 1 unspecified atom stereocenters. The molecule has 4 aromatic rings. The molecule has 0 bridgehead atoms. The van der Waals surface area contributed by atoms with Gasteiger partial charge in [0.1, 0.15) is 23.1 Å². The summed E-state index contributed by atoms with van der Waals surface area (Å²) >= 11 is 0. The van der Waals surface area contributed by atoms with Gasteiger partial charge in [0.15, 0.2) is 5.76 Å². The molecule has 2 N–H and O–H groups in total. The predicted molar refractivity (Wildman–Crippen MR) is 130 cm³/mol. The fourth-order valence-corrected chi connectivity index (χ4v) is 4.06. The van der Waals surface area contributed by atoms with Crippen molar-refractivity contribution in [1.29, 1.82) is 0 Å². The first-order chi connectivity index (χ1) is 16.5. The lowest BCUT2D eigenvalue weighted by Gasteiger charge is -2.20. The van der Waals surface area contributed by atoms with E-state index < -0.39 is 0 Å². The third-order valence-corrected chi connectivity index (χ3v) is 5.74. The van der Waals surface area contributed by atoms with E-state index in [2.05, 4.69) is 15.7 Å². The molecule has 5 rings (SSSR count). The van der Waals surface area contributed by atoms with Gasteiger partial charge in [0, 0.05) is 30.1 Å². The number of rotatable bonds is 6. The van der Waals surface area contributed by atoms with Gasteiger partial charge in [-0.1, -0.05) is 24.3 Å². The van der Waals surface area contributed by atoms with Crippen molar-refractivity contribution in [3.8, 4) is 0 Å². The highest BCUT2D eigenvalue weighted by Gasteiger charge is 2.35. The Morgan fingerprint density at radius 1 is 1.12 bits per heavy atom. The molecular weight excluding hydrogens is 432 g/mol. The van der Waals surface area contributed by atoms with Crippen LogP contribution in [0, 0.1) is 6.92 Å². The van der Waals surface area contributed by atoms with Gasteiger partial charge >= 0.3 is 0 Å². The van der Waals surface area contributed by atoms with Crippen LogP contribution in [0.3, 0.4) is 0 Å².